The number of hydrogen-bond acceptors (Lipinski definition) is 1. The first-order valence-corrected chi connectivity index (χ1v) is 2.67. The van der Waals surface area contributed by atoms with Crippen LogP contribution in [0.25, 0.3) is 0 Å². The van der Waals surface area contributed by atoms with Gasteiger partial charge < -0.3 is 0 Å². The topological polar surface area (TPSA) is 12.9 Å². The van der Waals surface area contributed by atoms with Crippen molar-refractivity contribution in [2.24, 2.45) is 0 Å². The molecule has 1 aromatic rings. The Hall–Kier alpha value is -0.850. The van der Waals surface area contributed by atoms with Crippen LogP contribution in [-0.2, 0) is 6.42 Å². The molecule has 0 spiro atoms. The van der Waals surface area contributed by atoms with Gasteiger partial charge in [0.25, 0.3) is 0 Å². The second kappa shape index (κ2) is 2.46. The predicted molar refractivity (Wildman–Crippen MR) is 31.3 cm³/mol. The summed E-state index contributed by atoms with van der Waals surface area (Å²) < 4.78 is 0. The lowest BCUT2D eigenvalue weighted by Gasteiger charge is -1.87. The molecule has 40 valence electrons. The van der Waals surface area contributed by atoms with Crippen molar-refractivity contribution in [2.75, 3.05) is 0 Å². The Morgan fingerprint density at radius 2 is 2.62 bits per heavy atom. The molecule has 1 aromatic heterocycles. The minimum absolute atomic E-state index is 1.00. The zero-order chi connectivity index (χ0) is 5.82. The minimum atomic E-state index is 1.00. The number of aryl methyl sites for hydroxylation is 1. The Labute approximate surface area is 49.4 Å². The van der Waals surface area contributed by atoms with E-state index >= 15 is 0 Å². The summed E-state index contributed by atoms with van der Waals surface area (Å²) in [6, 6.07) is 3.77. The normalized spacial score (nSPS) is 9.12. The summed E-state index contributed by atoms with van der Waals surface area (Å²) in [5.74, 6) is 0. The molecule has 2 radical (unpaired) electrons. The Morgan fingerprint density at radius 3 is 3.00 bits per heavy atom. The summed E-state index contributed by atoms with van der Waals surface area (Å²) in [6.45, 7) is 2.08. The first kappa shape index (κ1) is 5.29. The van der Waals surface area contributed by atoms with Gasteiger partial charge in [0, 0.05) is 0 Å². The van der Waals surface area contributed by atoms with E-state index in [0.717, 1.165) is 12.0 Å². The van der Waals surface area contributed by atoms with Gasteiger partial charge in [0.2, 0.25) is 0 Å². The molecule has 0 bridgehead atoms. The number of nitrogens with zero attached hydrogens (tertiary/aromatic N) is 1. The van der Waals surface area contributed by atoms with Crippen LogP contribution in [0.2, 0.25) is 0 Å². The van der Waals surface area contributed by atoms with E-state index in [4.69, 9.17) is 0 Å². The van der Waals surface area contributed by atoms with Crippen LogP contribution in [0.15, 0.2) is 12.1 Å². The molecule has 0 unspecified atom stereocenters. The number of hydrogen-bond donors (Lipinski definition) is 0. The van der Waals surface area contributed by atoms with E-state index in [2.05, 4.69) is 24.3 Å². The molecule has 0 aliphatic rings. The average molecular weight is 105 g/mol. The molecule has 1 nitrogen and oxygen atoms in total. The Bertz CT molecular complexity index is 146. The highest BCUT2D eigenvalue weighted by Crippen LogP contribution is 1.92. The molecule has 0 saturated heterocycles. The van der Waals surface area contributed by atoms with Crippen LogP contribution in [0.4, 0.5) is 0 Å². The largest absolute Gasteiger partial charge is 0.244 e. The van der Waals surface area contributed by atoms with Gasteiger partial charge in [0.05, 0.1) is 12.4 Å². The van der Waals surface area contributed by atoms with Gasteiger partial charge in [-0.2, -0.15) is 0 Å². The zero-order valence-corrected chi connectivity index (χ0v) is 4.81. The molecule has 1 heteroatoms. The predicted octanol–water partition coefficient (Wildman–Crippen LogP) is 1.24. The molecule has 0 fully saturated rings. The van der Waals surface area contributed by atoms with E-state index in [9.17, 15) is 0 Å². The van der Waals surface area contributed by atoms with Crippen molar-refractivity contribution >= 4 is 0 Å². The lowest BCUT2D eigenvalue weighted by molar-refractivity contribution is 1.09. The minimum Gasteiger partial charge on any atom is -0.244 e. The molecule has 0 amide bonds. The Kier molecular flexibility index (Phi) is 1.62. The average Bonchev–Trinajstić information content (AvgIpc) is 1.90. The van der Waals surface area contributed by atoms with Crippen LogP contribution in [0.1, 0.15) is 12.5 Å². The molecule has 0 aromatic carbocycles. The van der Waals surface area contributed by atoms with Gasteiger partial charge in [-0.1, -0.05) is 13.0 Å². The smallest absolute Gasteiger partial charge is 0.0929 e. The van der Waals surface area contributed by atoms with Crippen LogP contribution in [0.3, 0.4) is 0 Å². The van der Waals surface area contributed by atoms with E-state index in [-0.39, 0.29) is 0 Å². The van der Waals surface area contributed by atoms with Crippen molar-refractivity contribution in [3.63, 3.8) is 0 Å². The fraction of sp³-hybridized carbons (Fsp3) is 0.286. The van der Waals surface area contributed by atoms with Crippen molar-refractivity contribution < 1.29 is 0 Å². The van der Waals surface area contributed by atoms with Crippen LogP contribution in [0, 0.1) is 12.4 Å². The van der Waals surface area contributed by atoms with Gasteiger partial charge in [-0.3, -0.25) is 0 Å². The lowest BCUT2D eigenvalue weighted by atomic mass is 10.2. The molecule has 1 heterocycles. The number of rotatable bonds is 1. The lowest BCUT2D eigenvalue weighted by Crippen LogP contribution is -1.79. The third-order valence-electron chi connectivity index (χ3n) is 1.00. The van der Waals surface area contributed by atoms with Gasteiger partial charge in [0.15, 0.2) is 0 Å². The van der Waals surface area contributed by atoms with Crippen LogP contribution < -0.4 is 0 Å². The van der Waals surface area contributed by atoms with Crippen molar-refractivity contribution in [1.82, 2.24) is 4.98 Å². The van der Waals surface area contributed by atoms with Gasteiger partial charge in [0.1, 0.15) is 0 Å². The maximum Gasteiger partial charge on any atom is 0.0929 e. The number of aromatic nitrogens is 1. The van der Waals surface area contributed by atoms with E-state index in [1.165, 1.54) is 0 Å². The Morgan fingerprint density at radius 1 is 1.75 bits per heavy atom. The van der Waals surface area contributed by atoms with E-state index < -0.39 is 0 Å². The quantitative estimate of drug-likeness (QED) is 0.523. The fourth-order valence-corrected chi connectivity index (χ4v) is 0.513. The molecule has 0 saturated carbocycles. The molecule has 0 N–H and O–H groups in total. The van der Waals surface area contributed by atoms with E-state index in [1.807, 2.05) is 6.07 Å². The van der Waals surface area contributed by atoms with Crippen LogP contribution >= 0.6 is 0 Å². The fourth-order valence-electron chi connectivity index (χ4n) is 0.513. The highest BCUT2D eigenvalue weighted by atomic mass is 14.6. The molecule has 0 aliphatic heterocycles. The summed E-state index contributed by atoms with van der Waals surface area (Å²) in [4.78, 5) is 3.71. The van der Waals surface area contributed by atoms with Gasteiger partial charge in [-0.25, -0.2) is 4.98 Å². The highest BCUT2D eigenvalue weighted by Gasteiger charge is 1.82. The summed E-state index contributed by atoms with van der Waals surface area (Å²) in [7, 11) is 0. The summed E-state index contributed by atoms with van der Waals surface area (Å²) >= 11 is 0. The molecule has 1 rings (SSSR count). The zero-order valence-electron chi connectivity index (χ0n) is 4.81. The third kappa shape index (κ3) is 1.06. The van der Waals surface area contributed by atoms with Crippen LogP contribution in [0.5, 0.6) is 0 Å². The van der Waals surface area contributed by atoms with Gasteiger partial charge in [-0.05, 0) is 18.1 Å². The van der Waals surface area contributed by atoms with Crippen LogP contribution in [-0.4, -0.2) is 4.98 Å². The van der Waals surface area contributed by atoms with Gasteiger partial charge >= 0.3 is 0 Å². The first-order chi connectivity index (χ1) is 3.93. The standard InChI is InChI=1S/C7H7N/c1-2-7-4-3-5-8-6-7/h3-4H,2H2,1H3. The SMILES string of the molecule is CCc1[c]n[c]cc1. The summed E-state index contributed by atoms with van der Waals surface area (Å²) in [6.07, 6.45) is 6.48. The maximum atomic E-state index is 3.71. The summed E-state index contributed by atoms with van der Waals surface area (Å²) in [5.41, 5.74) is 1.14. The second-order valence-electron chi connectivity index (χ2n) is 1.56. The highest BCUT2D eigenvalue weighted by molar-refractivity contribution is 5.05. The summed E-state index contributed by atoms with van der Waals surface area (Å²) in [5, 5.41) is 0. The number of pyridine rings is 1. The second-order valence-corrected chi connectivity index (χ2v) is 1.56. The van der Waals surface area contributed by atoms with Crippen molar-refractivity contribution in [3.05, 3.63) is 30.1 Å². The van der Waals surface area contributed by atoms with Crippen molar-refractivity contribution in [3.8, 4) is 0 Å². The maximum absolute atomic E-state index is 3.71. The molecule has 0 aliphatic carbocycles. The monoisotopic (exact) mass is 105 g/mol. The molecule has 8 heavy (non-hydrogen) atoms. The van der Waals surface area contributed by atoms with Crippen molar-refractivity contribution in [1.29, 1.82) is 0 Å². The Balaban J connectivity index is 2.83. The molecular formula is C7H7N. The molecule has 0 atom stereocenters. The van der Waals surface area contributed by atoms with E-state index in [0.29, 0.717) is 0 Å². The third-order valence-corrected chi connectivity index (χ3v) is 1.00. The van der Waals surface area contributed by atoms with Gasteiger partial charge in [-0.15, -0.1) is 0 Å². The van der Waals surface area contributed by atoms with E-state index in [1.54, 1.807) is 6.07 Å². The van der Waals surface area contributed by atoms with Crippen molar-refractivity contribution in [2.45, 2.75) is 13.3 Å². The molecular weight excluding hydrogens is 98.1 g/mol. The first-order valence-electron chi connectivity index (χ1n) is 2.67.